The molecule has 0 amide bonds. The lowest BCUT2D eigenvalue weighted by Gasteiger charge is -2.23. The number of amidine groups is 2. The van der Waals surface area contributed by atoms with Gasteiger partial charge in [-0.05, 0) is 76.2 Å². The summed E-state index contributed by atoms with van der Waals surface area (Å²) in [6.45, 7) is 0. The normalized spacial score (nSPS) is 17.0. The van der Waals surface area contributed by atoms with Crippen LogP contribution in [-0.4, -0.2) is 16.7 Å². The Morgan fingerprint density at radius 1 is 0.625 bits per heavy atom. The van der Waals surface area contributed by atoms with E-state index in [-0.39, 0.29) is 0 Å². The van der Waals surface area contributed by atoms with Crippen molar-refractivity contribution in [3.63, 3.8) is 0 Å². The molecule has 0 fully saturated rings. The summed E-state index contributed by atoms with van der Waals surface area (Å²) in [6, 6.07) is 33.6. The third-order valence-electron chi connectivity index (χ3n) is 10.0. The van der Waals surface area contributed by atoms with Crippen LogP contribution in [0.1, 0.15) is 46.8 Å². The fourth-order valence-corrected chi connectivity index (χ4v) is 7.97. The molecular formula is C42H26N4O2. The number of nitrogens with one attached hydrogen (secondary N) is 1. The lowest BCUT2D eigenvalue weighted by Crippen LogP contribution is -2.36. The Hall–Kier alpha value is -6.27. The zero-order valence-electron chi connectivity index (χ0n) is 25.7. The van der Waals surface area contributed by atoms with E-state index >= 15 is 0 Å². The second-order valence-corrected chi connectivity index (χ2v) is 12.7. The molecule has 226 valence electrons. The van der Waals surface area contributed by atoms with Gasteiger partial charge in [-0.25, -0.2) is 9.98 Å². The molecule has 1 aliphatic heterocycles. The first-order chi connectivity index (χ1) is 23.8. The van der Waals surface area contributed by atoms with Crippen molar-refractivity contribution in [1.29, 1.82) is 0 Å². The molecule has 1 unspecified atom stereocenters. The largest absolute Gasteiger partial charge is 0.456 e. The maximum atomic E-state index is 6.29. The Morgan fingerprint density at radius 3 is 2.29 bits per heavy atom. The van der Waals surface area contributed by atoms with E-state index in [4.69, 9.17) is 18.8 Å². The van der Waals surface area contributed by atoms with Crippen molar-refractivity contribution in [2.24, 2.45) is 9.98 Å². The highest BCUT2D eigenvalue weighted by Crippen LogP contribution is 2.47. The van der Waals surface area contributed by atoms with E-state index < -0.39 is 6.17 Å². The summed E-state index contributed by atoms with van der Waals surface area (Å²) in [5, 5.41) is 10.3. The van der Waals surface area contributed by atoms with Gasteiger partial charge >= 0.3 is 0 Å². The molecule has 1 N–H and O–H groups in total. The van der Waals surface area contributed by atoms with Gasteiger partial charge in [0, 0.05) is 44.4 Å². The maximum absolute atomic E-state index is 6.29. The third-order valence-corrected chi connectivity index (χ3v) is 10.0. The Morgan fingerprint density at radius 2 is 1.40 bits per heavy atom. The monoisotopic (exact) mass is 618 g/mol. The van der Waals surface area contributed by atoms with Crippen LogP contribution in [0.5, 0.6) is 0 Å². The van der Waals surface area contributed by atoms with Gasteiger partial charge in [0.2, 0.25) is 0 Å². The van der Waals surface area contributed by atoms with E-state index in [1.165, 1.54) is 33.0 Å². The van der Waals surface area contributed by atoms with E-state index in [1.54, 1.807) is 6.20 Å². The van der Waals surface area contributed by atoms with Crippen LogP contribution in [-0.2, 0) is 0 Å². The molecule has 0 bridgehead atoms. The zero-order chi connectivity index (χ0) is 31.3. The highest BCUT2D eigenvalue weighted by Gasteiger charge is 2.29. The predicted octanol–water partition coefficient (Wildman–Crippen LogP) is 10.1. The van der Waals surface area contributed by atoms with E-state index in [1.807, 2.05) is 54.7 Å². The molecule has 0 radical (unpaired) electrons. The summed E-state index contributed by atoms with van der Waals surface area (Å²) in [4.78, 5) is 15.3. The molecule has 2 aliphatic carbocycles. The standard InChI is InChI=1S/C42H26N4O2/c1-2-11-26-25(10-1)27-14-7-9-23-19-24(20-31(26)37(23)27)40-44-41(30-15-8-18-35-38(30)28-12-3-5-16-33(28)47-35)46-42(45-40)32-21-43-22-36-39(32)29-13-4-6-17-34(29)48-36/h2-9,11-22,41H,1,10H2,(H,44,45,46). The lowest BCUT2D eigenvalue weighted by atomic mass is 9.95. The molecule has 4 heterocycles. The summed E-state index contributed by atoms with van der Waals surface area (Å²) in [5.74, 6) is 1.46. The van der Waals surface area contributed by atoms with Crippen LogP contribution >= 0.6 is 0 Å². The van der Waals surface area contributed by atoms with Gasteiger partial charge in [0.15, 0.2) is 11.7 Å². The first-order valence-electron chi connectivity index (χ1n) is 16.3. The summed E-state index contributed by atoms with van der Waals surface area (Å²) in [6.07, 6.45) is 9.84. The van der Waals surface area contributed by atoms with Crippen LogP contribution in [0.4, 0.5) is 0 Å². The first-order valence-corrected chi connectivity index (χ1v) is 16.3. The van der Waals surface area contributed by atoms with Crippen LogP contribution < -0.4 is 5.32 Å². The number of para-hydroxylation sites is 2. The lowest BCUT2D eigenvalue weighted by molar-refractivity contribution is 0.667. The molecule has 0 spiro atoms. The number of hydrogen-bond donors (Lipinski definition) is 1. The number of fused-ring (bicyclic) bond motifs is 8. The van der Waals surface area contributed by atoms with E-state index in [2.05, 4.69) is 71.0 Å². The number of pyridine rings is 1. The number of aliphatic imine (C=N–C) groups is 2. The molecule has 0 saturated carbocycles. The number of hydrogen-bond acceptors (Lipinski definition) is 6. The molecule has 11 rings (SSSR count). The second kappa shape index (κ2) is 9.62. The van der Waals surface area contributed by atoms with Gasteiger partial charge in [-0.2, -0.15) is 0 Å². The van der Waals surface area contributed by atoms with Crippen LogP contribution in [0.3, 0.4) is 0 Å². The second-order valence-electron chi connectivity index (χ2n) is 12.7. The van der Waals surface area contributed by atoms with Crippen molar-refractivity contribution >= 4 is 77.5 Å². The summed E-state index contributed by atoms with van der Waals surface area (Å²) in [5.41, 5.74) is 11.5. The smallest absolute Gasteiger partial charge is 0.170 e. The maximum Gasteiger partial charge on any atom is 0.170 e. The molecule has 6 nitrogen and oxygen atoms in total. The third kappa shape index (κ3) is 3.60. The zero-order valence-corrected chi connectivity index (χ0v) is 25.7. The fraction of sp³-hybridized carbons (Fsp3) is 0.0714. The van der Waals surface area contributed by atoms with Crippen molar-refractivity contribution in [2.45, 2.75) is 19.0 Å². The molecule has 3 aromatic heterocycles. The highest BCUT2D eigenvalue weighted by atomic mass is 16.3. The molecular weight excluding hydrogens is 592 g/mol. The highest BCUT2D eigenvalue weighted by molar-refractivity contribution is 6.25. The van der Waals surface area contributed by atoms with Crippen LogP contribution in [0, 0.1) is 0 Å². The minimum Gasteiger partial charge on any atom is -0.456 e. The Labute approximate surface area is 274 Å². The number of rotatable bonds is 3. The Bertz CT molecular complexity index is 2830. The van der Waals surface area contributed by atoms with Gasteiger partial charge in [-0.1, -0.05) is 78.9 Å². The van der Waals surface area contributed by atoms with Crippen molar-refractivity contribution in [3.05, 3.63) is 149 Å². The number of aromatic nitrogens is 1. The van der Waals surface area contributed by atoms with Gasteiger partial charge in [-0.15, -0.1) is 0 Å². The van der Waals surface area contributed by atoms with Crippen molar-refractivity contribution < 1.29 is 8.83 Å². The molecule has 5 aromatic carbocycles. The summed E-state index contributed by atoms with van der Waals surface area (Å²) < 4.78 is 12.5. The Kier molecular flexibility index (Phi) is 5.19. The topological polar surface area (TPSA) is 75.9 Å². The van der Waals surface area contributed by atoms with E-state index in [9.17, 15) is 0 Å². The van der Waals surface area contributed by atoms with Gasteiger partial charge in [0.1, 0.15) is 28.4 Å². The molecule has 6 heteroatoms. The van der Waals surface area contributed by atoms with Crippen LogP contribution in [0.2, 0.25) is 0 Å². The average molecular weight is 619 g/mol. The van der Waals surface area contributed by atoms with Gasteiger partial charge < -0.3 is 14.2 Å². The van der Waals surface area contributed by atoms with E-state index in [0.717, 1.165) is 79.2 Å². The molecule has 3 aliphatic rings. The molecule has 8 aromatic rings. The van der Waals surface area contributed by atoms with Gasteiger partial charge in [0.05, 0.1) is 6.20 Å². The van der Waals surface area contributed by atoms with Crippen molar-refractivity contribution in [2.75, 3.05) is 0 Å². The quantitative estimate of drug-likeness (QED) is 0.214. The average Bonchev–Trinajstić information content (AvgIpc) is 3.82. The predicted molar refractivity (Wildman–Crippen MR) is 193 cm³/mol. The number of nitrogens with zero attached hydrogens (tertiary/aromatic N) is 3. The van der Waals surface area contributed by atoms with Crippen molar-refractivity contribution in [3.8, 4) is 0 Å². The van der Waals surface area contributed by atoms with E-state index in [0.29, 0.717) is 5.84 Å². The van der Waals surface area contributed by atoms with Crippen molar-refractivity contribution in [1.82, 2.24) is 10.3 Å². The Balaban J connectivity index is 1.16. The molecule has 0 saturated heterocycles. The minimum atomic E-state index is -0.533. The SMILES string of the molecule is C1=CC2=C(CC1)c1cccc3cc(C4=NC(c5cccc6oc7ccccc7c56)N=C(c5cncc6oc7ccccc7c56)N4)cc2c13. The van der Waals surface area contributed by atoms with Gasteiger partial charge in [0.25, 0.3) is 0 Å². The van der Waals surface area contributed by atoms with Gasteiger partial charge in [-0.3, -0.25) is 4.98 Å². The van der Waals surface area contributed by atoms with Crippen LogP contribution in [0.15, 0.2) is 140 Å². The van der Waals surface area contributed by atoms with Crippen LogP contribution in [0.25, 0.3) is 65.8 Å². The summed E-state index contributed by atoms with van der Waals surface area (Å²) >= 11 is 0. The number of benzene rings is 5. The fourth-order valence-electron chi connectivity index (χ4n) is 7.97. The molecule has 48 heavy (non-hydrogen) atoms. The summed E-state index contributed by atoms with van der Waals surface area (Å²) in [7, 11) is 0. The number of furan rings is 2. The minimum absolute atomic E-state index is 0.533. The molecule has 1 atom stereocenters. The first kappa shape index (κ1) is 25.9. The number of allylic oxidation sites excluding steroid dienone is 4.